The van der Waals surface area contributed by atoms with Crippen molar-refractivity contribution in [2.75, 3.05) is 14.1 Å². The van der Waals surface area contributed by atoms with E-state index in [0.29, 0.717) is 23.7 Å². The van der Waals surface area contributed by atoms with Crippen molar-refractivity contribution in [3.63, 3.8) is 0 Å². The largest absolute Gasteiger partial charge is 0.509 e. The topological polar surface area (TPSA) is 229 Å². The van der Waals surface area contributed by atoms with E-state index in [4.69, 9.17) is 17.2 Å². The molecule has 3 aliphatic carbocycles. The number of fused-ring (bicyclic) bond motifs is 3. The number of aliphatic hydroxyl groups excluding tert-OH is 2. The summed E-state index contributed by atoms with van der Waals surface area (Å²) >= 11 is 0. The van der Waals surface area contributed by atoms with Gasteiger partial charge in [0.1, 0.15) is 22.8 Å². The average molecular weight is 601 g/mol. The van der Waals surface area contributed by atoms with Crippen LogP contribution in [0.3, 0.4) is 0 Å². The summed E-state index contributed by atoms with van der Waals surface area (Å²) in [5.74, 6) is -5.67. The summed E-state index contributed by atoms with van der Waals surface area (Å²) in [6.45, 7) is 4.76. The molecule has 4 atom stereocenters. The first-order valence-electron chi connectivity index (χ1n) is 14.1. The number of aliphatic hydroxyl groups is 2. The maximum atomic E-state index is 14.5. The van der Waals surface area contributed by atoms with Gasteiger partial charge in [0.2, 0.25) is 0 Å². The fourth-order valence-corrected chi connectivity index (χ4v) is 7.23. The second-order valence-electron chi connectivity index (χ2n) is 12.5. The smallest absolute Gasteiger partial charge is 0.255 e. The molecule has 1 amide bonds. The number of phenolic OH excluding ortho intramolecular Hbond substituents is 1. The fraction of sp³-hybridized carbons (Fsp3) is 0.375. The highest BCUT2D eigenvalue weighted by Crippen LogP contribution is 2.58. The molecule has 0 bridgehead atoms. The van der Waals surface area contributed by atoms with Crippen LogP contribution in [0.2, 0.25) is 0 Å². The number of carbonyl (C=O) groups is 3. The predicted molar refractivity (Wildman–Crippen MR) is 162 cm³/mol. The van der Waals surface area contributed by atoms with Crippen molar-refractivity contribution in [3.05, 3.63) is 70.0 Å². The number of nitrogens with one attached hydrogen (secondary N) is 1. The molecule has 2 aromatic carbocycles. The van der Waals surface area contributed by atoms with Crippen LogP contribution >= 0.6 is 0 Å². The van der Waals surface area contributed by atoms with Crippen LogP contribution in [0.4, 0.5) is 0 Å². The van der Waals surface area contributed by atoms with E-state index >= 15 is 0 Å². The van der Waals surface area contributed by atoms with Crippen LogP contribution in [0.5, 0.6) is 5.75 Å². The van der Waals surface area contributed by atoms with Crippen LogP contribution in [-0.2, 0) is 27.3 Å². The molecule has 44 heavy (non-hydrogen) atoms. The van der Waals surface area contributed by atoms with E-state index in [-0.39, 0.29) is 17.7 Å². The molecule has 230 valence electrons. The Labute approximate surface area is 254 Å². The van der Waals surface area contributed by atoms with Crippen molar-refractivity contribution in [2.24, 2.45) is 22.6 Å². The first-order valence-corrected chi connectivity index (χ1v) is 14.1. The highest BCUT2D eigenvalue weighted by Gasteiger charge is 2.74. The lowest BCUT2D eigenvalue weighted by molar-refractivity contribution is -0.139. The summed E-state index contributed by atoms with van der Waals surface area (Å²) < 4.78 is 0. The molecule has 0 aliphatic heterocycles. The number of aromatic hydroxyl groups is 1. The van der Waals surface area contributed by atoms with Gasteiger partial charge in [-0.2, -0.15) is 5.26 Å². The summed E-state index contributed by atoms with van der Waals surface area (Å²) in [6.07, 6.45) is -0.548. The number of primary amides is 1. The average Bonchev–Trinajstić information content (AvgIpc) is 2.91. The molecule has 10 N–H and O–H groups in total. The van der Waals surface area contributed by atoms with Gasteiger partial charge in [0.25, 0.3) is 5.91 Å². The van der Waals surface area contributed by atoms with Crippen LogP contribution in [0.15, 0.2) is 53.3 Å². The Kier molecular flexibility index (Phi) is 7.22. The third-order valence-corrected chi connectivity index (χ3v) is 9.11. The standard InChI is InChI=1S/C32H36N6O6/c1-15(2)37-12-16-5-7-17(8-6-16)18-9-10-20(39)21-19(18)11-30(35)13-32(36)26(38(3)4)25(41)22(29(34)44)27(42)31(32,14-33)28(43)23(30)24(21)40/h5-10,15,26,37,39-40,42H,11-13,35-36H2,1-4H3,(H2,34,44)/t26-,30-,31+,32-/m1/s1. The number of phenols is 1. The zero-order chi connectivity index (χ0) is 32.5. The van der Waals surface area contributed by atoms with Crippen molar-refractivity contribution >= 4 is 23.2 Å². The lowest BCUT2D eigenvalue weighted by Gasteiger charge is -2.58. The molecule has 0 saturated heterocycles. The molecule has 1 saturated carbocycles. The van der Waals surface area contributed by atoms with Crippen molar-refractivity contribution in [2.45, 2.75) is 56.4 Å². The third-order valence-electron chi connectivity index (χ3n) is 9.11. The first-order chi connectivity index (χ1) is 20.6. The number of rotatable bonds is 6. The summed E-state index contributed by atoms with van der Waals surface area (Å²) in [7, 11) is 2.95. The van der Waals surface area contributed by atoms with Crippen LogP contribution in [0, 0.1) is 16.7 Å². The van der Waals surface area contributed by atoms with E-state index < -0.39 is 69.1 Å². The molecular formula is C32H36N6O6. The maximum Gasteiger partial charge on any atom is 0.255 e. The second kappa shape index (κ2) is 10.3. The monoisotopic (exact) mass is 600 g/mol. The Bertz CT molecular complexity index is 1720. The highest BCUT2D eigenvalue weighted by atomic mass is 16.3. The molecule has 0 spiro atoms. The Morgan fingerprint density at radius 1 is 1.11 bits per heavy atom. The summed E-state index contributed by atoms with van der Waals surface area (Å²) in [5.41, 5.74) is 14.2. The van der Waals surface area contributed by atoms with Gasteiger partial charge < -0.3 is 37.8 Å². The van der Waals surface area contributed by atoms with E-state index in [1.54, 1.807) is 12.1 Å². The number of amides is 1. The summed E-state index contributed by atoms with van der Waals surface area (Å²) in [4.78, 5) is 41.7. The minimum Gasteiger partial charge on any atom is -0.509 e. The molecule has 12 nitrogen and oxygen atoms in total. The molecule has 0 unspecified atom stereocenters. The van der Waals surface area contributed by atoms with E-state index in [0.717, 1.165) is 11.1 Å². The highest BCUT2D eigenvalue weighted by molar-refractivity contribution is 6.25. The van der Waals surface area contributed by atoms with E-state index in [9.17, 15) is 35.0 Å². The minimum atomic E-state index is -2.70. The minimum absolute atomic E-state index is 0.0512. The number of benzene rings is 2. The Balaban J connectivity index is 1.75. The van der Waals surface area contributed by atoms with Crippen molar-refractivity contribution in [3.8, 4) is 22.9 Å². The van der Waals surface area contributed by atoms with E-state index in [2.05, 4.69) is 19.2 Å². The molecule has 0 aromatic heterocycles. The van der Waals surface area contributed by atoms with Gasteiger partial charge in [-0.3, -0.25) is 19.3 Å². The van der Waals surface area contributed by atoms with Gasteiger partial charge in [-0.25, -0.2) is 0 Å². The lowest BCUT2D eigenvalue weighted by Crippen LogP contribution is -2.80. The number of Topliss-reactive ketones (excluding diaryl/α,β-unsaturated/α-hetero) is 2. The van der Waals surface area contributed by atoms with Crippen LogP contribution in [0.1, 0.15) is 37.0 Å². The summed E-state index contributed by atoms with van der Waals surface area (Å²) in [5, 5.41) is 47.8. The van der Waals surface area contributed by atoms with Crippen LogP contribution in [0.25, 0.3) is 16.9 Å². The van der Waals surface area contributed by atoms with Crippen molar-refractivity contribution in [1.82, 2.24) is 10.2 Å². The molecule has 12 heteroatoms. The zero-order valence-electron chi connectivity index (χ0n) is 24.9. The molecular weight excluding hydrogens is 564 g/mol. The molecule has 2 aromatic rings. The fourth-order valence-electron chi connectivity index (χ4n) is 7.23. The van der Waals surface area contributed by atoms with Crippen molar-refractivity contribution in [1.29, 1.82) is 5.26 Å². The molecule has 5 rings (SSSR count). The van der Waals surface area contributed by atoms with Gasteiger partial charge in [0.15, 0.2) is 17.0 Å². The normalized spacial score (nSPS) is 28.1. The number of hydrogen-bond donors (Lipinski definition) is 7. The number of nitrogens with two attached hydrogens (primary N) is 3. The zero-order valence-corrected chi connectivity index (χ0v) is 24.9. The molecule has 3 aliphatic rings. The SMILES string of the molecule is CC(C)NCc1ccc(-c2ccc(O)c3c2C[C@@]2(N)C[C@@]4(N)[C@H](N(C)C)C(=O)C(C(N)=O)=C(O)[C@@]4(C#N)C(=O)C2=C3O)cc1. The van der Waals surface area contributed by atoms with Crippen LogP contribution in [-0.4, -0.2) is 75.0 Å². The van der Waals surface area contributed by atoms with E-state index in [1.807, 2.05) is 24.3 Å². The molecule has 0 radical (unpaired) electrons. The first kappa shape index (κ1) is 30.9. The molecule has 1 fully saturated rings. The Morgan fingerprint density at radius 2 is 1.75 bits per heavy atom. The quantitative estimate of drug-likeness (QED) is 0.232. The number of likely N-dealkylation sites (N-methyl/N-ethyl adjacent to an activating group) is 1. The van der Waals surface area contributed by atoms with Gasteiger partial charge in [-0.1, -0.05) is 44.2 Å². The van der Waals surface area contributed by atoms with E-state index in [1.165, 1.54) is 25.1 Å². The van der Waals surface area contributed by atoms with Gasteiger partial charge in [0.05, 0.1) is 34.3 Å². The number of carbonyl (C=O) groups excluding carboxylic acids is 3. The van der Waals surface area contributed by atoms with Crippen LogP contribution < -0.4 is 22.5 Å². The third kappa shape index (κ3) is 4.08. The molecule has 0 heterocycles. The Morgan fingerprint density at radius 3 is 2.30 bits per heavy atom. The second-order valence-corrected chi connectivity index (χ2v) is 12.5. The van der Waals surface area contributed by atoms with Gasteiger partial charge in [-0.05, 0) is 55.3 Å². The number of nitriles is 1. The maximum absolute atomic E-state index is 14.5. The van der Waals surface area contributed by atoms with Crippen molar-refractivity contribution < 1.29 is 29.7 Å². The number of nitrogens with zero attached hydrogens (tertiary/aromatic N) is 2. The summed E-state index contributed by atoms with van der Waals surface area (Å²) in [6, 6.07) is 11.4. The Hall–Kier alpha value is -4.54. The number of ketones is 2. The van der Waals surface area contributed by atoms with Gasteiger partial charge in [-0.15, -0.1) is 0 Å². The lowest BCUT2D eigenvalue weighted by atomic mass is 9.47. The predicted octanol–water partition coefficient (Wildman–Crippen LogP) is 1.07. The van der Waals surface area contributed by atoms with Gasteiger partial charge >= 0.3 is 0 Å². The van der Waals surface area contributed by atoms with Gasteiger partial charge in [0, 0.05) is 12.6 Å². The number of hydrogen-bond acceptors (Lipinski definition) is 11.